The number of hydrogen-bond donors (Lipinski definition) is 2. The molecule has 5 aliphatic carbocycles. The smallest absolute Gasteiger partial charge is 0.252 e. The van der Waals surface area contributed by atoms with Crippen molar-refractivity contribution in [2.24, 2.45) is 28.4 Å². The number of aliphatic hydroxyl groups is 1. The number of fused-ring (bicyclic) bond motifs is 2. The molecule has 0 aromatic heterocycles. The molecule has 7 atom stereocenters. The lowest BCUT2D eigenvalue weighted by atomic mass is 9.33. The number of hydrogen-bond acceptors (Lipinski definition) is 5. The lowest BCUT2D eigenvalue weighted by molar-refractivity contribution is -0.312. The van der Waals surface area contributed by atoms with Gasteiger partial charge in [0.2, 0.25) is 0 Å². The van der Waals surface area contributed by atoms with Gasteiger partial charge in [0.25, 0.3) is 5.91 Å². The van der Waals surface area contributed by atoms with Gasteiger partial charge < -0.3 is 20.3 Å². The van der Waals surface area contributed by atoms with E-state index in [0.29, 0.717) is 17.4 Å². The molecule has 7 aliphatic rings. The quantitative estimate of drug-likeness (QED) is 0.650. The van der Waals surface area contributed by atoms with Crippen LogP contribution in [0.2, 0.25) is 0 Å². The molecule has 0 unspecified atom stereocenters. The van der Waals surface area contributed by atoms with Gasteiger partial charge in [0.1, 0.15) is 17.5 Å². The van der Waals surface area contributed by atoms with Crippen LogP contribution in [0.25, 0.3) is 0 Å². The van der Waals surface area contributed by atoms with E-state index < -0.39 is 17.1 Å². The van der Waals surface area contributed by atoms with E-state index in [1.54, 1.807) is 0 Å². The molecule has 5 fully saturated rings. The minimum Gasteiger partial charge on any atom is -0.485 e. The normalized spacial score (nSPS) is 42.0. The zero-order valence-corrected chi connectivity index (χ0v) is 22.5. The van der Waals surface area contributed by atoms with Crippen molar-refractivity contribution in [2.75, 3.05) is 20.2 Å². The second kappa shape index (κ2) is 6.86. The number of nitrogens with zero attached hydrogens (tertiary/aromatic N) is 1. The fourth-order valence-electron chi connectivity index (χ4n) is 9.79. The number of ether oxygens (including phenoxy) is 2. The molecule has 1 saturated heterocycles. The van der Waals surface area contributed by atoms with Crippen molar-refractivity contribution in [1.29, 1.82) is 0 Å². The van der Waals surface area contributed by atoms with Crippen LogP contribution in [0.5, 0.6) is 5.75 Å². The predicted molar refractivity (Wildman–Crippen MR) is 137 cm³/mol. The van der Waals surface area contributed by atoms with Crippen molar-refractivity contribution < 1.29 is 19.4 Å². The molecule has 6 heteroatoms. The summed E-state index contributed by atoms with van der Waals surface area (Å²) in [4.78, 5) is 15.4. The summed E-state index contributed by atoms with van der Waals surface area (Å²) in [6.45, 7) is 10.7. The van der Waals surface area contributed by atoms with Gasteiger partial charge in [-0.1, -0.05) is 26.8 Å². The Morgan fingerprint density at radius 1 is 1.22 bits per heavy atom. The minimum atomic E-state index is -0.946. The number of amides is 1. The Labute approximate surface area is 214 Å². The van der Waals surface area contributed by atoms with Gasteiger partial charge in [0, 0.05) is 42.0 Å². The maximum atomic E-state index is 12.6. The van der Waals surface area contributed by atoms with Gasteiger partial charge in [0.15, 0.2) is 0 Å². The van der Waals surface area contributed by atoms with Crippen LogP contribution in [0.15, 0.2) is 12.1 Å². The van der Waals surface area contributed by atoms with E-state index in [0.717, 1.165) is 44.6 Å². The molecule has 4 bridgehead atoms. The molecule has 4 saturated carbocycles. The van der Waals surface area contributed by atoms with Crippen molar-refractivity contribution in [3.8, 4) is 5.75 Å². The van der Waals surface area contributed by atoms with Crippen molar-refractivity contribution >= 4 is 5.91 Å². The van der Waals surface area contributed by atoms with Crippen LogP contribution >= 0.6 is 0 Å². The van der Waals surface area contributed by atoms with E-state index in [-0.39, 0.29) is 28.3 Å². The number of carbonyl (C=O) groups excluding carboxylic acids is 1. The summed E-state index contributed by atoms with van der Waals surface area (Å²) in [7, 11) is 1.81. The fourth-order valence-corrected chi connectivity index (χ4v) is 9.79. The summed E-state index contributed by atoms with van der Waals surface area (Å²) in [5, 5.41) is 12.3. The highest BCUT2D eigenvalue weighted by Crippen LogP contribution is 2.77. The first-order valence-electron chi connectivity index (χ1n) is 14.1. The van der Waals surface area contributed by atoms with Crippen LogP contribution in [-0.4, -0.2) is 59.5 Å². The van der Waals surface area contributed by atoms with Crippen LogP contribution in [0.3, 0.4) is 0 Å². The van der Waals surface area contributed by atoms with E-state index in [4.69, 9.17) is 15.2 Å². The second-order valence-electron chi connectivity index (χ2n) is 14.2. The molecule has 3 N–H and O–H groups in total. The summed E-state index contributed by atoms with van der Waals surface area (Å²) in [5.74, 6) is 1.04. The third-order valence-corrected chi connectivity index (χ3v) is 12.1. The molecule has 196 valence electrons. The summed E-state index contributed by atoms with van der Waals surface area (Å²) < 4.78 is 13.6. The van der Waals surface area contributed by atoms with Gasteiger partial charge in [-0.05, 0) is 81.4 Å². The Bertz CT molecular complexity index is 1150. The van der Waals surface area contributed by atoms with Gasteiger partial charge in [-0.3, -0.25) is 9.69 Å². The van der Waals surface area contributed by atoms with Crippen LogP contribution < -0.4 is 10.5 Å². The molecule has 1 amide bonds. The average Bonchev–Trinajstić information content (AvgIpc) is 3.56. The Morgan fingerprint density at radius 2 is 1.97 bits per heavy atom. The lowest BCUT2D eigenvalue weighted by Crippen LogP contribution is -2.83. The molecule has 6 nitrogen and oxygen atoms in total. The molecule has 0 radical (unpaired) electrons. The largest absolute Gasteiger partial charge is 0.485 e. The van der Waals surface area contributed by atoms with E-state index in [9.17, 15) is 9.90 Å². The zero-order valence-electron chi connectivity index (χ0n) is 22.5. The molecular formula is C30H42N2O4. The maximum absolute atomic E-state index is 12.6. The van der Waals surface area contributed by atoms with Crippen LogP contribution in [0, 0.1) is 22.7 Å². The van der Waals surface area contributed by atoms with E-state index in [1.807, 2.05) is 20.1 Å². The number of methoxy groups -OCH3 is 1. The summed E-state index contributed by atoms with van der Waals surface area (Å²) >= 11 is 0. The zero-order chi connectivity index (χ0) is 25.5. The monoisotopic (exact) mass is 494 g/mol. The molecular weight excluding hydrogens is 452 g/mol. The molecule has 8 rings (SSSR count). The van der Waals surface area contributed by atoms with Gasteiger partial charge in [0.05, 0.1) is 11.2 Å². The second-order valence-corrected chi connectivity index (χ2v) is 14.2. The topological polar surface area (TPSA) is 85.0 Å². The first-order valence-corrected chi connectivity index (χ1v) is 14.1. The SMILES string of the molecule is CO[C@@]12CC[C@@]3(C[C@@H]1[C@@](C)(O)C(C)(C)C)[C@H]1Cc4ccc(C(N)=O)c5c4[C@@]3(CCN1CC1CC1)[C@H]2O5. The van der Waals surface area contributed by atoms with Gasteiger partial charge in [-0.15, -0.1) is 0 Å². The van der Waals surface area contributed by atoms with Crippen LogP contribution in [0.1, 0.15) is 87.7 Å². The van der Waals surface area contributed by atoms with Crippen LogP contribution in [0.4, 0.5) is 0 Å². The highest BCUT2D eigenvalue weighted by Gasteiger charge is 2.82. The fraction of sp³-hybridized carbons (Fsp3) is 0.767. The Morgan fingerprint density at radius 3 is 2.61 bits per heavy atom. The first-order chi connectivity index (χ1) is 16.9. The Balaban J connectivity index is 1.49. The molecule has 1 aromatic carbocycles. The molecule has 2 spiro atoms. The van der Waals surface area contributed by atoms with Crippen molar-refractivity contribution in [2.45, 2.75) is 101 Å². The summed E-state index contributed by atoms with van der Waals surface area (Å²) in [6, 6.07) is 4.45. The molecule has 2 heterocycles. The highest BCUT2D eigenvalue weighted by atomic mass is 16.6. The molecule has 36 heavy (non-hydrogen) atoms. The number of primary amides is 1. The minimum absolute atomic E-state index is 0.0144. The molecule has 1 aromatic rings. The van der Waals surface area contributed by atoms with Crippen molar-refractivity contribution in [3.05, 3.63) is 28.8 Å². The first kappa shape index (κ1) is 23.5. The number of carbonyl (C=O) groups is 1. The number of benzene rings is 1. The third-order valence-electron chi connectivity index (χ3n) is 12.1. The van der Waals surface area contributed by atoms with Crippen LogP contribution in [-0.2, 0) is 16.6 Å². The highest BCUT2D eigenvalue weighted by molar-refractivity contribution is 5.97. The third kappa shape index (κ3) is 2.48. The van der Waals surface area contributed by atoms with Crippen molar-refractivity contribution in [1.82, 2.24) is 4.90 Å². The van der Waals surface area contributed by atoms with Crippen molar-refractivity contribution in [3.63, 3.8) is 0 Å². The van der Waals surface area contributed by atoms with E-state index in [2.05, 4.69) is 31.7 Å². The molecule has 2 aliphatic heterocycles. The van der Waals surface area contributed by atoms with E-state index >= 15 is 0 Å². The van der Waals surface area contributed by atoms with E-state index in [1.165, 1.54) is 30.5 Å². The maximum Gasteiger partial charge on any atom is 0.252 e. The van der Waals surface area contributed by atoms with Gasteiger partial charge in [-0.25, -0.2) is 0 Å². The Hall–Kier alpha value is -1.63. The Kier molecular flexibility index (Phi) is 4.48. The number of piperidine rings is 1. The summed E-state index contributed by atoms with van der Waals surface area (Å²) in [6.07, 6.45) is 7.34. The van der Waals surface area contributed by atoms with Gasteiger partial charge in [-0.2, -0.15) is 0 Å². The lowest BCUT2D eigenvalue weighted by Gasteiger charge is -2.75. The number of nitrogens with two attached hydrogens (primary N) is 1. The standard InChI is InChI=1S/C30H42N2O4/c1-26(2,3)27(4,34)20-15-28-10-11-30(20,35-5)25-29(28)12-13-32(16-17-6-7-17)21(28)14-18-8-9-19(24(31)33)23(36-25)22(18)29/h8-9,17,20-21,25,34H,6-7,10-16H2,1-5H3,(H2,31,33)/t20-,21-,25-,27-,28-,29+,30+/m1/s1. The average molecular weight is 495 g/mol. The predicted octanol–water partition coefficient (Wildman–Crippen LogP) is 3.81. The number of likely N-dealkylation sites (tertiary alicyclic amines) is 1. The summed E-state index contributed by atoms with van der Waals surface area (Å²) in [5.41, 5.74) is 6.86. The number of rotatable bonds is 5. The van der Waals surface area contributed by atoms with Gasteiger partial charge >= 0.3 is 0 Å².